The summed E-state index contributed by atoms with van der Waals surface area (Å²) in [5.41, 5.74) is 7.46. The highest BCUT2D eigenvalue weighted by Crippen LogP contribution is 2.32. The molecule has 1 amide bonds. The van der Waals surface area contributed by atoms with Gasteiger partial charge in [0.25, 0.3) is 5.91 Å². The van der Waals surface area contributed by atoms with Crippen LogP contribution < -0.4 is 15.8 Å². The van der Waals surface area contributed by atoms with Crippen LogP contribution in [-0.4, -0.2) is 26.2 Å². The third kappa shape index (κ3) is 3.87. The van der Waals surface area contributed by atoms with Gasteiger partial charge in [0.2, 0.25) is 5.76 Å². The molecule has 0 aliphatic carbocycles. The Balaban J connectivity index is 1.82. The number of methoxy groups -OCH3 is 1. The monoisotopic (exact) mass is 360 g/mol. The number of anilines is 2. The minimum absolute atomic E-state index is 0.0546. The Morgan fingerprint density at radius 3 is 2.68 bits per heavy atom. The average molecular weight is 361 g/mol. The van der Waals surface area contributed by atoms with Crippen LogP contribution in [0.4, 0.5) is 11.4 Å². The SMILES string of the molecule is COCCOc1ccc2oc(C(=O)Nc3ccc(Cl)cc3)c(N)c2c1. The molecule has 0 radical (unpaired) electrons. The molecule has 3 rings (SSSR count). The first-order valence-corrected chi connectivity index (χ1v) is 7.97. The Bertz CT molecular complexity index is 890. The number of nitrogens with one attached hydrogen (secondary N) is 1. The van der Waals surface area contributed by atoms with Crippen LogP contribution in [0.15, 0.2) is 46.9 Å². The summed E-state index contributed by atoms with van der Waals surface area (Å²) in [5, 5.41) is 3.93. The zero-order chi connectivity index (χ0) is 17.8. The summed E-state index contributed by atoms with van der Waals surface area (Å²) in [4.78, 5) is 12.4. The lowest BCUT2D eigenvalue weighted by Crippen LogP contribution is -2.12. The number of ether oxygens (including phenoxy) is 2. The molecule has 7 heteroatoms. The zero-order valence-electron chi connectivity index (χ0n) is 13.5. The van der Waals surface area contributed by atoms with Crippen molar-refractivity contribution in [2.24, 2.45) is 0 Å². The van der Waals surface area contributed by atoms with Crippen LogP contribution in [0.3, 0.4) is 0 Å². The first-order chi connectivity index (χ1) is 12.1. The maximum absolute atomic E-state index is 12.4. The van der Waals surface area contributed by atoms with Gasteiger partial charge in [-0.25, -0.2) is 0 Å². The summed E-state index contributed by atoms with van der Waals surface area (Å²) in [6.07, 6.45) is 0. The van der Waals surface area contributed by atoms with Crippen LogP contribution in [0.5, 0.6) is 5.75 Å². The minimum atomic E-state index is -0.433. The van der Waals surface area contributed by atoms with Gasteiger partial charge in [0.1, 0.15) is 17.9 Å². The van der Waals surface area contributed by atoms with Gasteiger partial charge in [0.15, 0.2) is 0 Å². The summed E-state index contributed by atoms with van der Waals surface area (Å²) in [5.74, 6) is 0.249. The maximum atomic E-state index is 12.4. The van der Waals surface area contributed by atoms with E-state index in [2.05, 4.69) is 5.32 Å². The lowest BCUT2D eigenvalue weighted by atomic mass is 10.2. The van der Waals surface area contributed by atoms with Crippen LogP contribution in [0, 0.1) is 0 Å². The summed E-state index contributed by atoms with van der Waals surface area (Å²) in [6, 6.07) is 12.0. The van der Waals surface area contributed by atoms with Crippen molar-refractivity contribution in [3.05, 3.63) is 53.2 Å². The number of carbonyl (C=O) groups is 1. The summed E-state index contributed by atoms with van der Waals surface area (Å²) >= 11 is 5.83. The van der Waals surface area contributed by atoms with Crippen LogP contribution >= 0.6 is 11.6 Å². The minimum Gasteiger partial charge on any atom is -0.491 e. The molecule has 0 saturated carbocycles. The largest absolute Gasteiger partial charge is 0.491 e. The third-order valence-corrected chi connectivity index (χ3v) is 3.81. The van der Waals surface area contributed by atoms with E-state index in [9.17, 15) is 4.79 Å². The van der Waals surface area contributed by atoms with Crippen LogP contribution in [-0.2, 0) is 4.74 Å². The van der Waals surface area contributed by atoms with Crippen molar-refractivity contribution in [2.45, 2.75) is 0 Å². The van der Waals surface area contributed by atoms with Gasteiger partial charge in [0, 0.05) is 23.2 Å². The number of rotatable bonds is 6. The van der Waals surface area contributed by atoms with E-state index in [4.69, 9.17) is 31.2 Å². The van der Waals surface area contributed by atoms with E-state index in [1.54, 1.807) is 49.6 Å². The fraction of sp³-hybridized carbons (Fsp3) is 0.167. The molecule has 0 atom stereocenters. The van der Waals surface area contributed by atoms with Crippen molar-refractivity contribution in [3.63, 3.8) is 0 Å². The molecule has 0 spiro atoms. The maximum Gasteiger partial charge on any atom is 0.293 e. The summed E-state index contributed by atoms with van der Waals surface area (Å²) < 4.78 is 16.1. The molecule has 1 heterocycles. The number of halogens is 1. The van der Waals surface area contributed by atoms with Gasteiger partial charge < -0.3 is 24.9 Å². The molecule has 3 aromatic rings. The van der Waals surface area contributed by atoms with Crippen LogP contribution in [0.2, 0.25) is 5.02 Å². The average Bonchev–Trinajstić information content (AvgIpc) is 2.94. The highest BCUT2D eigenvalue weighted by atomic mass is 35.5. The van der Waals surface area contributed by atoms with E-state index < -0.39 is 5.91 Å². The van der Waals surface area contributed by atoms with Crippen molar-refractivity contribution < 1.29 is 18.7 Å². The molecule has 0 aliphatic rings. The molecule has 0 aliphatic heterocycles. The molecular formula is C18H17ClN2O4. The quantitative estimate of drug-likeness (QED) is 0.650. The molecular weight excluding hydrogens is 344 g/mol. The second kappa shape index (κ2) is 7.46. The number of furan rings is 1. The van der Waals surface area contributed by atoms with Crippen LogP contribution in [0.25, 0.3) is 11.0 Å². The van der Waals surface area contributed by atoms with E-state index in [0.717, 1.165) is 0 Å². The van der Waals surface area contributed by atoms with E-state index >= 15 is 0 Å². The molecule has 3 N–H and O–H groups in total. The first kappa shape index (κ1) is 17.1. The Kier molecular flexibility index (Phi) is 5.11. The first-order valence-electron chi connectivity index (χ1n) is 7.59. The molecule has 1 aromatic heterocycles. The standard InChI is InChI=1S/C18H17ClN2O4/c1-23-8-9-24-13-6-7-15-14(10-13)16(20)17(25-15)18(22)21-12-4-2-11(19)3-5-12/h2-7,10H,8-9,20H2,1H3,(H,21,22). The second-order valence-corrected chi connectivity index (χ2v) is 5.74. The van der Waals surface area contributed by atoms with E-state index in [0.29, 0.717) is 40.6 Å². The Hall–Kier alpha value is -2.70. The number of carbonyl (C=O) groups excluding carboxylic acids is 1. The van der Waals surface area contributed by atoms with Gasteiger partial charge in [-0.15, -0.1) is 0 Å². The lowest BCUT2D eigenvalue weighted by molar-refractivity contribution is 0.1000. The second-order valence-electron chi connectivity index (χ2n) is 5.31. The fourth-order valence-corrected chi connectivity index (χ4v) is 2.44. The number of benzene rings is 2. The highest BCUT2D eigenvalue weighted by Gasteiger charge is 2.19. The molecule has 0 bridgehead atoms. The van der Waals surface area contributed by atoms with E-state index in [-0.39, 0.29) is 11.4 Å². The molecule has 0 saturated heterocycles. The van der Waals surface area contributed by atoms with Crippen molar-refractivity contribution in [2.75, 3.05) is 31.4 Å². The van der Waals surface area contributed by atoms with Crippen molar-refractivity contribution in [3.8, 4) is 5.75 Å². The predicted octanol–water partition coefficient (Wildman–Crippen LogP) is 3.95. The Morgan fingerprint density at radius 2 is 1.96 bits per heavy atom. The normalized spacial score (nSPS) is 10.8. The summed E-state index contributed by atoms with van der Waals surface area (Å²) in [7, 11) is 1.60. The van der Waals surface area contributed by atoms with Crippen molar-refractivity contribution >= 4 is 39.9 Å². The molecule has 0 unspecified atom stereocenters. The van der Waals surface area contributed by atoms with Gasteiger partial charge in [-0.2, -0.15) is 0 Å². The molecule has 25 heavy (non-hydrogen) atoms. The number of hydrogen-bond donors (Lipinski definition) is 2. The molecule has 6 nitrogen and oxygen atoms in total. The van der Waals surface area contributed by atoms with Crippen molar-refractivity contribution in [1.82, 2.24) is 0 Å². The topological polar surface area (TPSA) is 86.7 Å². The molecule has 130 valence electrons. The van der Waals surface area contributed by atoms with Crippen LogP contribution in [0.1, 0.15) is 10.6 Å². The van der Waals surface area contributed by atoms with E-state index in [1.165, 1.54) is 0 Å². The van der Waals surface area contributed by atoms with Gasteiger partial charge >= 0.3 is 0 Å². The predicted molar refractivity (Wildman–Crippen MR) is 97.4 cm³/mol. The summed E-state index contributed by atoms with van der Waals surface area (Å²) in [6.45, 7) is 0.900. The van der Waals surface area contributed by atoms with Gasteiger partial charge in [0.05, 0.1) is 12.3 Å². The van der Waals surface area contributed by atoms with Gasteiger partial charge in [-0.05, 0) is 42.5 Å². The smallest absolute Gasteiger partial charge is 0.293 e. The number of fused-ring (bicyclic) bond motifs is 1. The third-order valence-electron chi connectivity index (χ3n) is 3.56. The molecule has 2 aromatic carbocycles. The zero-order valence-corrected chi connectivity index (χ0v) is 14.3. The number of nitrogens with two attached hydrogens (primary N) is 1. The van der Waals surface area contributed by atoms with Crippen molar-refractivity contribution in [1.29, 1.82) is 0 Å². The lowest BCUT2D eigenvalue weighted by Gasteiger charge is -2.05. The van der Waals surface area contributed by atoms with E-state index in [1.807, 2.05) is 0 Å². The highest BCUT2D eigenvalue weighted by molar-refractivity contribution is 6.30. The number of amides is 1. The van der Waals surface area contributed by atoms with Gasteiger partial charge in [-0.1, -0.05) is 11.6 Å². The Labute approximate surface area is 149 Å². The Morgan fingerprint density at radius 1 is 1.20 bits per heavy atom. The fourth-order valence-electron chi connectivity index (χ4n) is 2.32. The molecule has 0 fully saturated rings. The number of nitrogen functional groups attached to an aromatic ring is 1. The van der Waals surface area contributed by atoms with Gasteiger partial charge in [-0.3, -0.25) is 4.79 Å². The number of hydrogen-bond acceptors (Lipinski definition) is 5.